The molecule has 6 nitrogen and oxygen atoms in total. The Labute approximate surface area is 105 Å². The highest BCUT2D eigenvalue weighted by atomic mass is 35.5. The maximum Gasteiger partial charge on any atom is 0.328 e. The molecule has 1 aromatic rings. The van der Waals surface area contributed by atoms with E-state index >= 15 is 0 Å². The van der Waals surface area contributed by atoms with Gasteiger partial charge in [0.1, 0.15) is 0 Å². The topological polar surface area (TPSA) is 102 Å². The molecule has 7 heteroatoms. The van der Waals surface area contributed by atoms with E-state index in [4.69, 9.17) is 5.73 Å². The lowest BCUT2D eigenvalue weighted by molar-refractivity contribution is 0.236. The molecule has 0 saturated heterocycles. The average Bonchev–Trinajstić information content (AvgIpc) is 2.66. The molecule has 2 rings (SSSR count). The highest BCUT2D eigenvalue weighted by Crippen LogP contribution is 2.07. The van der Waals surface area contributed by atoms with Gasteiger partial charge >= 0.3 is 6.03 Å². The van der Waals surface area contributed by atoms with Crippen LogP contribution in [0.2, 0.25) is 0 Å². The summed E-state index contributed by atoms with van der Waals surface area (Å²) in [5, 5.41) is 2.74. The van der Waals surface area contributed by atoms with Gasteiger partial charge in [-0.25, -0.2) is 4.79 Å². The van der Waals surface area contributed by atoms with Gasteiger partial charge in [0.15, 0.2) is 5.96 Å². The van der Waals surface area contributed by atoms with Gasteiger partial charge in [0.05, 0.1) is 13.1 Å². The van der Waals surface area contributed by atoms with E-state index in [1.54, 1.807) is 0 Å². The molecule has 0 unspecified atom stereocenters. The number of benzene rings is 1. The number of para-hydroxylation sites is 1. The second-order valence-electron chi connectivity index (χ2n) is 3.19. The summed E-state index contributed by atoms with van der Waals surface area (Å²) in [5.74, 6) is 0.281. The number of amides is 2. The number of hydrogen-bond acceptors (Lipinski definition) is 3. The van der Waals surface area contributed by atoms with E-state index in [1.807, 2.05) is 30.3 Å². The molecule has 94 valence electrons. The number of nitrogens with one attached hydrogen (secondary N) is 1. The number of aliphatic imine (C=N–C) groups is 1. The molecule has 0 aromatic heterocycles. The van der Waals surface area contributed by atoms with Gasteiger partial charge in [-0.2, -0.15) is 0 Å². The fourth-order valence-corrected chi connectivity index (χ4v) is 1.38. The number of carbonyl (C=O) groups is 1. The SMILES string of the molecule is Cl.NC1=NCCN1C(=O)Nc1ccccc1.O. The van der Waals surface area contributed by atoms with Crippen LogP contribution in [0.4, 0.5) is 10.5 Å². The number of urea groups is 1. The van der Waals surface area contributed by atoms with E-state index in [0.717, 1.165) is 5.69 Å². The summed E-state index contributed by atoms with van der Waals surface area (Å²) in [4.78, 5) is 17.0. The zero-order valence-electron chi connectivity index (χ0n) is 9.09. The Morgan fingerprint density at radius 1 is 1.35 bits per heavy atom. The summed E-state index contributed by atoms with van der Waals surface area (Å²) >= 11 is 0. The van der Waals surface area contributed by atoms with Crippen molar-refractivity contribution in [3.05, 3.63) is 30.3 Å². The summed E-state index contributed by atoms with van der Waals surface area (Å²) in [6.45, 7) is 1.12. The third-order valence-electron chi connectivity index (χ3n) is 2.14. The smallest absolute Gasteiger partial charge is 0.328 e. The second kappa shape index (κ2) is 6.72. The number of anilines is 1. The van der Waals surface area contributed by atoms with Crippen molar-refractivity contribution in [1.29, 1.82) is 0 Å². The number of guanidine groups is 1. The molecular weight excluding hydrogens is 244 g/mol. The highest BCUT2D eigenvalue weighted by Gasteiger charge is 2.20. The Balaban J connectivity index is 0.00000128. The Kier molecular flexibility index (Phi) is 6.01. The molecule has 1 aliphatic rings. The maximum absolute atomic E-state index is 11.7. The molecule has 0 spiro atoms. The fraction of sp³-hybridized carbons (Fsp3) is 0.200. The van der Waals surface area contributed by atoms with Crippen LogP contribution in [-0.4, -0.2) is 35.5 Å². The Morgan fingerprint density at radius 2 is 2.00 bits per heavy atom. The quantitative estimate of drug-likeness (QED) is 0.764. The standard InChI is InChI=1S/C10H12N4O.ClH.H2O/c11-9-12-6-7-14(9)10(15)13-8-4-2-1-3-5-8;;/h1-5H,6-7H2,(H2,11,12)(H,13,15);1H;1H2. The Bertz CT molecular complexity index is 397. The van der Waals surface area contributed by atoms with Crippen LogP contribution in [0.25, 0.3) is 0 Å². The number of nitrogens with two attached hydrogens (primary N) is 1. The lowest BCUT2D eigenvalue weighted by Gasteiger charge is -2.15. The predicted molar refractivity (Wildman–Crippen MR) is 69.5 cm³/mol. The van der Waals surface area contributed by atoms with E-state index in [2.05, 4.69) is 10.3 Å². The van der Waals surface area contributed by atoms with Crippen molar-refractivity contribution in [3.63, 3.8) is 0 Å². The number of halogens is 1. The molecule has 0 radical (unpaired) electrons. The van der Waals surface area contributed by atoms with Crippen LogP contribution in [0, 0.1) is 0 Å². The molecule has 0 atom stereocenters. The number of carbonyl (C=O) groups excluding carboxylic acids is 1. The minimum Gasteiger partial charge on any atom is -0.412 e. The van der Waals surface area contributed by atoms with Gasteiger partial charge < -0.3 is 16.5 Å². The van der Waals surface area contributed by atoms with Crippen molar-refractivity contribution < 1.29 is 10.3 Å². The predicted octanol–water partition coefficient (Wildman–Crippen LogP) is 0.446. The van der Waals surface area contributed by atoms with Crippen LogP contribution in [0.1, 0.15) is 0 Å². The van der Waals surface area contributed by atoms with Crippen LogP contribution < -0.4 is 11.1 Å². The van der Waals surface area contributed by atoms with Crippen molar-refractivity contribution in [2.45, 2.75) is 0 Å². The lowest BCUT2D eigenvalue weighted by atomic mass is 10.3. The summed E-state index contributed by atoms with van der Waals surface area (Å²) in [6.07, 6.45) is 0. The second-order valence-corrected chi connectivity index (χ2v) is 3.19. The normalized spacial score (nSPS) is 13.2. The molecule has 0 bridgehead atoms. The molecule has 0 aliphatic carbocycles. The molecule has 2 amide bonds. The molecule has 1 heterocycles. The third kappa shape index (κ3) is 3.61. The average molecular weight is 259 g/mol. The first-order valence-corrected chi connectivity index (χ1v) is 4.71. The minimum atomic E-state index is -0.236. The molecule has 0 fully saturated rings. The molecule has 1 aliphatic heterocycles. The maximum atomic E-state index is 11.7. The monoisotopic (exact) mass is 258 g/mol. The Morgan fingerprint density at radius 3 is 2.53 bits per heavy atom. The fourth-order valence-electron chi connectivity index (χ4n) is 1.38. The van der Waals surface area contributed by atoms with Crippen molar-refractivity contribution in [2.24, 2.45) is 10.7 Å². The molecule has 0 saturated carbocycles. The van der Waals surface area contributed by atoms with Crippen LogP contribution >= 0.6 is 12.4 Å². The molecule has 1 aromatic carbocycles. The van der Waals surface area contributed by atoms with Crippen molar-refractivity contribution in [1.82, 2.24) is 4.90 Å². The molecule has 17 heavy (non-hydrogen) atoms. The lowest BCUT2D eigenvalue weighted by Crippen LogP contribution is -2.41. The van der Waals surface area contributed by atoms with Crippen molar-refractivity contribution in [3.8, 4) is 0 Å². The summed E-state index contributed by atoms with van der Waals surface area (Å²) in [5.41, 5.74) is 6.30. The van der Waals surface area contributed by atoms with Crippen LogP contribution in [-0.2, 0) is 0 Å². The van der Waals surface area contributed by atoms with E-state index in [9.17, 15) is 4.79 Å². The number of nitrogens with zero attached hydrogens (tertiary/aromatic N) is 2. The van der Waals surface area contributed by atoms with Gasteiger partial charge in [-0.3, -0.25) is 9.89 Å². The van der Waals surface area contributed by atoms with E-state index < -0.39 is 0 Å². The zero-order chi connectivity index (χ0) is 10.7. The van der Waals surface area contributed by atoms with Gasteiger partial charge in [0.2, 0.25) is 0 Å². The van der Waals surface area contributed by atoms with Crippen LogP contribution in [0.5, 0.6) is 0 Å². The molecular formula is C10H15ClN4O2. The summed E-state index contributed by atoms with van der Waals surface area (Å²) < 4.78 is 0. The Hall–Kier alpha value is -1.79. The first-order chi connectivity index (χ1) is 7.27. The van der Waals surface area contributed by atoms with E-state index in [1.165, 1.54) is 4.90 Å². The number of rotatable bonds is 1. The van der Waals surface area contributed by atoms with E-state index in [-0.39, 0.29) is 29.9 Å². The van der Waals surface area contributed by atoms with Gasteiger partial charge in [-0.05, 0) is 12.1 Å². The number of hydrogen-bond donors (Lipinski definition) is 2. The third-order valence-corrected chi connectivity index (χ3v) is 2.14. The van der Waals surface area contributed by atoms with Gasteiger partial charge in [-0.1, -0.05) is 18.2 Å². The summed E-state index contributed by atoms with van der Waals surface area (Å²) in [6, 6.07) is 9.01. The van der Waals surface area contributed by atoms with Crippen LogP contribution in [0.15, 0.2) is 35.3 Å². The van der Waals surface area contributed by atoms with Gasteiger partial charge in [0, 0.05) is 5.69 Å². The van der Waals surface area contributed by atoms with Crippen LogP contribution in [0.3, 0.4) is 0 Å². The van der Waals surface area contributed by atoms with E-state index in [0.29, 0.717) is 13.1 Å². The van der Waals surface area contributed by atoms with Gasteiger partial charge in [0.25, 0.3) is 0 Å². The minimum absolute atomic E-state index is 0. The highest BCUT2D eigenvalue weighted by molar-refractivity contribution is 6.02. The largest absolute Gasteiger partial charge is 0.412 e. The summed E-state index contributed by atoms with van der Waals surface area (Å²) in [7, 11) is 0. The zero-order valence-corrected chi connectivity index (χ0v) is 9.91. The van der Waals surface area contributed by atoms with Crippen molar-refractivity contribution in [2.75, 3.05) is 18.4 Å². The first-order valence-electron chi connectivity index (χ1n) is 4.71. The van der Waals surface area contributed by atoms with Crippen molar-refractivity contribution >= 4 is 30.1 Å². The molecule has 5 N–H and O–H groups in total. The van der Waals surface area contributed by atoms with Gasteiger partial charge in [-0.15, -0.1) is 12.4 Å². The first kappa shape index (κ1) is 15.2.